The van der Waals surface area contributed by atoms with Crippen LogP contribution in [0.3, 0.4) is 0 Å². The van der Waals surface area contributed by atoms with Crippen molar-refractivity contribution in [2.45, 2.75) is 6.92 Å². The van der Waals surface area contributed by atoms with Crippen LogP contribution in [0.2, 0.25) is 0 Å². The summed E-state index contributed by atoms with van der Waals surface area (Å²) in [5.41, 5.74) is 0. The predicted octanol–water partition coefficient (Wildman–Crippen LogP) is -0.111. The van der Waals surface area contributed by atoms with Gasteiger partial charge in [-0.05, 0) is 0 Å². The van der Waals surface area contributed by atoms with Crippen LogP contribution in [-0.4, -0.2) is 18.7 Å². The molecule has 0 aromatic rings. The second kappa shape index (κ2) is 4.07. The molecule has 0 saturated heterocycles. The number of rotatable bonds is 2. The fourth-order valence-electron chi connectivity index (χ4n) is 0.263. The molecule has 3 heteroatoms. The fourth-order valence-corrected chi connectivity index (χ4v) is 0.467. The van der Waals surface area contributed by atoms with Crippen molar-refractivity contribution in [2.75, 3.05) is 12.8 Å². The average Bonchev–Trinajstić information content (AvgIpc) is 1.68. The molecular formula is C4H11O2P. The Morgan fingerprint density at radius 1 is 1.86 bits per heavy atom. The van der Waals surface area contributed by atoms with Crippen LogP contribution in [0.15, 0.2) is 0 Å². The van der Waals surface area contributed by atoms with Gasteiger partial charge in [0.1, 0.15) is 0 Å². The molecule has 0 aliphatic heterocycles. The molecule has 0 aromatic carbocycles. The summed E-state index contributed by atoms with van der Waals surface area (Å²) < 4.78 is 4.59. The molecule has 0 aromatic heterocycles. The van der Waals surface area contributed by atoms with E-state index in [1.807, 2.05) is 6.92 Å². The topological polar surface area (TPSA) is 26.3 Å². The predicted molar refractivity (Wildman–Crippen MR) is 34.0 cm³/mol. The first-order valence-electron chi connectivity index (χ1n) is 2.46. The summed E-state index contributed by atoms with van der Waals surface area (Å²) >= 11 is 0. The van der Waals surface area contributed by atoms with Gasteiger partial charge in [0.25, 0.3) is 0 Å². The standard InChI is InChI=1S/C4H11O2P/c1-2-6-4(5)3-7/h2-3H2,1H3,7H4. The van der Waals surface area contributed by atoms with E-state index in [4.69, 9.17) is 0 Å². The van der Waals surface area contributed by atoms with Gasteiger partial charge in [-0.1, -0.05) is 0 Å². The van der Waals surface area contributed by atoms with Crippen LogP contribution in [0, 0.1) is 0 Å². The van der Waals surface area contributed by atoms with Crippen molar-refractivity contribution < 1.29 is 9.53 Å². The minimum absolute atomic E-state index is 0.0610. The van der Waals surface area contributed by atoms with Crippen LogP contribution < -0.4 is 0 Å². The zero-order valence-corrected chi connectivity index (χ0v) is 6.73. The molecule has 0 aliphatic rings. The molecule has 0 N–H and O–H groups in total. The maximum absolute atomic E-state index is 10.2. The molecule has 0 amide bonds. The number of hydrogen-bond acceptors (Lipinski definition) is 2. The first kappa shape index (κ1) is 6.90. The Labute approximate surface area is 45.4 Å². The van der Waals surface area contributed by atoms with E-state index in [1.54, 1.807) is 0 Å². The van der Waals surface area contributed by atoms with Crippen LogP contribution in [0.5, 0.6) is 0 Å². The zero-order valence-electron chi connectivity index (χ0n) is 4.73. The minimum atomic E-state index is -0.0610. The number of carbonyl (C=O) groups is 1. The van der Waals surface area contributed by atoms with Crippen molar-refractivity contribution in [1.82, 2.24) is 0 Å². The summed E-state index contributed by atoms with van der Waals surface area (Å²) in [6.07, 6.45) is 0.619. The molecule has 0 fully saturated rings. The van der Waals surface area contributed by atoms with E-state index >= 15 is 0 Å². The summed E-state index contributed by atoms with van der Waals surface area (Å²) in [5, 5.41) is 0. The maximum atomic E-state index is 10.2. The van der Waals surface area contributed by atoms with E-state index in [-0.39, 0.29) is 5.97 Å². The molecule has 0 saturated carbocycles. The van der Waals surface area contributed by atoms with Crippen molar-refractivity contribution in [3.8, 4) is 0 Å². The monoisotopic (exact) mass is 122 g/mol. The van der Waals surface area contributed by atoms with Crippen molar-refractivity contribution >= 4 is 15.2 Å². The second-order valence-electron chi connectivity index (χ2n) is 1.16. The van der Waals surface area contributed by atoms with E-state index < -0.39 is 0 Å². The molecule has 0 heterocycles. The second-order valence-corrected chi connectivity index (χ2v) is 1.87. The molecule has 7 heavy (non-hydrogen) atoms. The summed E-state index contributed by atoms with van der Waals surface area (Å²) in [6, 6.07) is 0. The first-order valence-corrected chi connectivity index (χ1v) is 3.88. The summed E-state index contributed by atoms with van der Waals surface area (Å²) in [5.74, 6) is -0.0610. The van der Waals surface area contributed by atoms with Crippen molar-refractivity contribution in [3.63, 3.8) is 0 Å². The molecule has 0 atom stereocenters. The fraction of sp³-hybridized carbons (Fsp3) is 0.750. The molecular weight excluding hydrogens is 111 g/mol. The van der Waals surface area contributed by atoms with E-state index in [1.165, 1.54) is 0 Å². The van der Waals surface area contributed by atoms with Crippen molar-refractivity contribution in [1.29, 1.82) is 0 Å². The summed E-state index contributed by atoms with van der Waals surface area (Å²) in [4.78, 5) is 10.2. The van der Waals surface area contributed by atoms with Gasteiger partial charge < -0.3 is 0 Å². The van der Waals surface area contributed by atoms with Gasteiger partial charge in [-0.3, -0.25) is 0 Å². The zero-order chi connectivity index (χ0) is 5.70. The summed E-state index contributed by atoms with van der Waals surface area (Å²) in [7, 11) is 0.913. The van der Waals surface area contributed by atoms with E-state index in [2.05, 4.69) is 4.74 Å². The number of ether oxygens (including phenoxy) is 1. The van der Waals surface area contributed by atoms with Gasteiger partial charge in [0, 0.05) is 0 Å². The van der Waals surface area contributed by atoms with E-state index in [0.717, 1.165) is 9.24 Å². The van der Waals surface area contributed by atoms with Crippen LogP contribution in [0.25, 0.3) is 0 Å². The van der Waals surface area contributed by atoms with Gasteiger partial charge in [0.2, 0.25) is 0 Å². The first-order chi connectivity index (χ1) is 3.31. The Morgan fingerprint density at radius 3 is 2.57 bits per heavy atom. The van der Waals surface area contributed by atoms with Gasteiger partial charge in [0.05, 0.1) is 0 Å². The quantitative estimate of drug-likeness (QED) is 0.377. The third-order valence-electron chi connectivity index (χ3n) is 0.594. The molecule has 0 rings (SSSR count). The Bertz CT molecular complexity index is 62.7. The Morgan fingerprint density at radius 2 is 2.43 bits per heavy atom. The molecule has 0 unspecified atom stereocenters. The third kappa shape index (κ3) is 3.74. The Balaban J connectivity index is 3.00. The number of carbonyl (C=O) groups excluding carboxylic acids is 1. The van der Waals surface area contributed by atoms with Gasteiger partial charge in [0.15, 0.2) is 0 Å². The molecule has 0 radical (unpaired) electrons. The summed E-state index contributed by atoms with van der Waals surface area (Å²) in [6.45, 7) is 2.33. The van der Waals surface area contributed by atoms with E-state index in [9.17, 15) is 4.79 Å². The van der Waals surface area contributed by atoms with Gasteiger partial charge in [-0.15, -0.1) is 0 Å². The Kier molecular flexibility index (Phi) is 4.01. The molecule has 44 valence electrons. The number of hydrogen-bond donors (Lipinski definition) is 0. The van der Waals surface area contributed by atoms with E-state index in [0.29, 0.717) is 12.8 Å². The van der Waals surface area contributed by atoms with Gasteiger partial charge >= 0.3 is 44.4 Å². The van der Waals surface area contributed by atoms with Crippen molar-refractivity contribution in [3.05, 3.63) is 0 Å². The molecule has 0 aliphatic carbocycles. The molecule has 2 nitrogen and oxygen atoms in total. The molecule has 0 bridgehead atoms. The number of esters is 1. The van der Waals surface area contributed by atoms with Crippen molar-refractivity contribution in [2.24, 2.45) is 0 Å². The normalized spacial score (nSPS) is 8.43. The third-order valence-corrected chi connectivity index (χ3v) is 1.17. The van der Waals surface area contributed by atoms with Crippen LogP contribution in [0.1, 0.15) is 6.92 Å². The van der Waals surface area contributed by atoms with Crippen LogP contribution >= 0.6 is 9.24 Å². The van der Waals surface area contributed by atoms with Crippen LogP contribution in [0.4, 0.5) is 0 Å². The Hall–Kier alpha value is -0.100. The SMILES string of the molecule is CCOC(=O)C[PH4]. The van der Waals surface area contributed by atoms with Gasteiger partial charge in [-0.2, -0.15) is 0 Å². The molecule has 0 spiro atoms. The van der Waals surface area contributed by atoms with Crippen LogP contribution in [-0.2, 0) is 9.53 Å². The van der Waals surface area contributed by atoms with Gasteiger partial charge in [-0.25, -0.2) is 0 Å². The average molecular weight is 122 g/mol.